The van der Waals surface area contributed by atoms with Gasteiger partial charge in [-0.3, -0.25) is 9.59 Å². The average Bonchev–Trinajstić information content (AvgIpc) is 3.35. The summed E-state index contributed by atoms with van der Waals surface area (Å²) in [6, 6.07) is 5.26. The van der Waals surface area contributed by atoms with Crippen molar-refractivity contribution in [3.8, 4) is 11.5 Å². The van der Waals surface area contributed by atoms with Crippen LogP contribution in [0.25, 0.3) is 6.08 Å². The van der Waals surface area contributed by atoms with Crippen molar-refractivity contribution in [2.75, 3.05) is 33.8 Å². The van der Waals surface area contributed by atoms with E-state index < -0.39 is 23.8 Å². The zero-order valence-corrected chi connectivity index (χ0v) is 18.5. The second-order valence-electron chi connectivity index (χ2n) is 6.69. The zero-order chi connectivity index (χ0) is 22.5. The summed E-state index contributed by atoms with van der Waals surface area (Å²) in [6.45, 7) is 0. The van der Waals surface area contributed by atoms with Crippen LogP contribution in [-0.4, -0.2) is 46.3 Å². The monoisotopic (exact) mass is 445 g/mol. The van der Waals surface area contributed by atoms with Gasteiger partial charge in [-0.05, 0) is 42.2 Å². The molecule has 0 unspecified atom stereocenters. The van der Waals surface area contributed by atoms with Crippen molar-refractivity contribution >= 4 is 40.3 Å². The third-order valence-corrected chi connectivity index (χ3v) is 6.16. The van der Waals surface area contributed by atoms with Crippen LogP contribution in [0, 0.1) is 0 Å². The minimum absolute atomic E-state index is 0.211. The molecule has 0 saturated carbocycles. The van der Waals surface area contributed by atoms with E-state index in [1.165, 1.54) is 38.7 Å². The number of carbonyl (C=O) groups excluding carboxylic acids is 3. The van der Waals surface area contributed by atoms with E-state index in [0.29, 0.717) is 34.9 Å². The molecule has 3 rings (SSSR count). The normalized spacial score (nSPS) is 14.8. The summed E-state index contributed by atoms with van der Waals surface area (Å²) in [4.78, 5) is 38.0. The Kier molecular flexibility index (Phi) is 6.96. The Morgan fingerprint density at radius 3 is 2.45 bits per heavy atom. The first-order chi connectivity index (χ1) is 14.9. The number of esters is 2. The zero-order valence-electron chi connectivity index (χ0n) is 17.6. The van der Waals surface area contributed by atoms with Crippen LogP contribution >= 0.6 is 11.3 Å². The highest BCUT2D eigenvalue weighted by molar-refractivity contribution is 7.17. The van der Waals surface area contributed by atoms with Crippen LogP contribution in [0.5, 0.6) is 11.5 Å². The van der Waals surface area contributed by atoms with Gasteiger partial charge in [-0.2, -0.15) is 0 Å². The minimum Gasteiger partial charge on any atom is -0.493 e. The van der Waals surface area contributed by atoms with Crippen LogP contribution in [0.1, 0.15) is 38.7 Å². The van der Waals surface area contributed by atoms with Crippen LogP contribution in [0.4, 0.5) is 5.00 Å². The van der Waals surface area contributed by atoms with Gasteiger partial charge in [0.25, 0.3) is 0 Å². The molecular weight excluding hydrogens is 422 g/mol. The number of ether oxygens (including phenoxy) is 4. The number of thiophene rings is 1. The Hall–Kier alpha value is -3.33. The topological polar surface area (TPSA) is 100 Å². The molecule has 0 bridgehead atoms. The van der Waals surface area contributed by atoms with Crippen LogP contribution in [0.2, 0.25) is 0 Å². The fraction of sp³-hybridized carbons (Fsp3) is 0.318. The highest BCUT2D eigenvalue weighted by atomic mass is 32.1. The summed E-state index contributed by atoms with van der Waals surface area (Å²) in [5, 5.41) is 3.09. The summed E-state index contributed by atoms with van der Waals surface area (Å²) < 4.78 is 20.2. The first-order valence-electron chi connectivity index (χ1n) is 9.46. The number of fused-ring (bicyclic) bond motifs is 1. The summed E-state index contributed by atoms with van der Waals surface area (Å²) in [6.07, 6.45) is 4.16. The maximum Gasteiger partial charge on any atom is 0.341 e. The largest absolute Gasteiger partial charge is 0.493 e. The van der Waals surface area contributed by atoms with E-state index in [1.807, 2.05) is 0 Å². The standard InChI is InChI=1S/C22H23NO7S/c1-27-14-8-5-12(11-15(14)28-2)6-10-17(24)23-20-19(22(26)30-4)18-13(21(25)29-3)7-9-16(18)31-20/h5-6,8,10-11,13H,7,9H2,1-4H3,(H,23,24)/b10-6+/t13-/m0/s1. The number of carbonyl (C=O) groups is 3. The van der Waals surface area contributed by atoms with Gasteiger partial charge in [0.05, 0.1) is 39.9 Å². The van der Waals surface area contributed by atoms with Gasteiger partial charge in [0.2, 0.25) is 5.91 Å². The summed E-state index contributed by atoms with van der Waals surface area (Å²) in [7, 11) is 5.65. The summed E-state index contributed by atoms with van der Waals surface area (Å²) in [5.74, 6) is -0.852. The Labute approximate surface area is 183 Å². The molecule has 1 heterocycles. The van der Waals surface area contributed by atoms with Crippen molar-refractivity contribution in [1.29, 1.82) is 0 Å². The predicted molar refractivity (Wildman–Crippen MR) is 116 cm³/mol. The van der Waals surface area contributed by atoms with E-state index in [1.54, 1.807) is 31.4 Å². The van der Waals surface area contributed by atoms with E-state index in [0.717, 1.165) is 10.4 Å². The molecule has 0 spiro atoms. The Morgan fingerprint density at radius 2 is 1.81 bits per heavy atom. The van der Waals surface area contributed by atoms with Gasteiger partial charge in [-0.25, -0.2) is 4.79 Å². The van der Waals surface area contributed by atoms with Crippen LogP contribution in [0.3, 0.4) is 0 Å². The second kappa shape index (κ2) is 9.65. The van der Waals surface area contributed by atoms with Gasteiger partial charge in [-0.1, -0.05) is 6.07 Å². The number of rotatable bonds is 7. The number of hydrogen-bond donors (Lipinski definition) is 1. The molecule has 0 radical (unpaired) electrons. The third kappa shape index (κ3) is 4.56. The maximum atomic E-state index is 12.5. The maximum absolute atomic E-state index is 12.5. The fourth-order valence-electron chi connectivity index (χ4n) is 3.52. The number of aryl methyl sites for hydroxylation is 1. The molecule has 1 aliphatic rings. The number of benzene rings is 1. The molecule has 1 aliphatic carbocycles. The number of amides is 1. The van der Waals surface area contributed by atoms with Crippen molar-refractivity contribution in [1.82, 2.24) is 0 Å². The molecule has 1 atom stereocenters. The van der Waals surface area contributed by atoms with Gasteiger partial charge in [-0.15, -0.1) is 11.3 Å². The second-order valence-corrected chi connectivity index (χ2v) is 7.79. The number of methoxy groups -OCH3 is 4. The Morgan fingerprint density at radius 1 is 1.06 bits per heavy atom. The lowest BCUT2D eigenvalue weighted by molar-refractivity contribution is -0.142. The highest BCUT2D eigenvalue weighted by Crippen LogP contribution is 2.45. The minimum atomic E-state index is -0.604. The van der Waals surface area contributed by atoms with Crippen molar-refractivity contribution < 1.29 is 33.3 Å². The quantitative estimate of drug-likeness (QED) is 0.515. The van der Waals surface area contributed by atoms with Crippen LogP contribution in [0.15, 0.2) is 24.3 Å². The first kappa shape index (κ1) is 22.4. The summed E-state index contributed by atoms with van der Waals surface area (Å²) in [5.41, 5.74) is 1.53. The molecule has 2 aromatic rings. The van der Waals surface area contributed by atoms with Gasteiger partial charge in [0.1, 0.15) is 5.00 Å². The van der Waals surface area contributed by atoms with Crippen LogP contribution in [-0.2, 0) is 25.5 Å². The van der Waals surface area contributed by atoms with Gasteiger partial charge in [0.15, 0.2) is 11.5 Å². The number of hydrogen-bond acceptors (Lipinski definition) is 8. The molecule has 1 aromatic heterocycles. The van der Waals surface area contributed by atoms with E-state index in [9.17, 15) is 14.4 Å². The van der Waals surface area contributed by atoms with Gasteiger partial charge < -0.3 is 24.3 Å². The van der Waals surface area contributed by atoms with Crippen molar-refractivity contribution in [2.45, 2.75) is 18.8 Å². The lowest BCUT2D eigenvalue weighted by Gasteiger charge is -2.11. The van der Waals surface area contributed by atoms with E-state index in [-0.39, 0.29) is 5.56 Å². The molecule has 164 valence electrons. The number of nitrogens with one attached hydrogen (secondary N) is 1. The molecule has 31 heavy (non-hydrogen) atoms. The van der Waals surface area contributed by atoms with Crippen molar-refractivity contribution in [3.05, 3.63) is 45.8 Å². The highest BCUT2D eigenvalue weighted by Gasteiger charge is 2.38. The number of anilines is 1. The lowest BCUT2D eigenvalue weighted by atomic mass is 9.99. The average molecular weight is 445 g/mol. The van der Waals surface area contributed by atoms with Crippen LogP contribution < -0.4 is 14.8 Å². The SMILES string of the molecule is COC(=O)c1c(NC(=O)/C=C/c2ccc(OC)c(OC)c2)sc2c1[C@@H](C(=O)OC)CC2. The molecule has 9 heteroatoms. The van der Waals surface area contributed by atoms with E-state index in [4.69, 9.17) is 18.9 Å². The lowest BCUT2D eigenvalue weighted by Crippen LogP contribution is -2.16. The third-order valence-electron chi connectivity index (χ3n) is 4.98. The first-order valence-corrected chi connectivity index (χ1v) is 10.3. The Balaban J connectivity index is 1.84. The Bertz CT molecular complexity index is 1040. The van der Waals surface area contributed by atoms with Gasteiger partial charge in [0, 0.05) is 11.0 Å². The van der Waals surface area contributed by atoms with Gasteiger partial charge >= 0.3 is 11.9 Å². The molecule has 1 aromatic carbocycles. The molecule has 1 N–H and O–H groups in total. The smallest absolute Gasteiger partial charge is 0.341 e. The molecule has 0 aliphatic heterocycles. The molecule has 0 saturated heterocycles. The fourth-order valence-corrected chi connectivity index (χ4v) is 4.79. The summed E-state index contributed by atoms with van der Waals surface area (Å²) >= 11 is 1.27. The molecule has 1 amide bonds. The molecule has 8 nitrogen and oxygen atoms in total. The molecule has 0 fully saturated rings. The van der Waals surface area contributed by atoms with E-state index >= 15 is 0 Å². The predicted octanol–water partition coefficient (Wildman–Crippen LogP) is 3.41. The molecular formula is C22H23NO7S. The van der Waals surface area contributed by atoms with Crippen molar-refractivity contribution in [2.24, 2.45) is 0 Å². The van der Waals surface area contributed by atoms with Crippen molar-refractivity contribution in [3.63, 3.8) is 0 Å². The van der Waals surface area contributed by atoms with E-state index in [2.05, 4.69) is 5.32 Å².